The molecule has 0 aromatic heterocycles. The van der Waals surface area contributed by atoms with Crippen molar-refractivity contribution in [3.63, 3.8) is 0 Å². The summed E-state index contributed by atoms with van der Waals surface area (Å²) in [4.78, 5) is 40.5. The normalized spacial score (nSPS) is 12.2. The lowest BCUT2D eigenvalue weighted by Gasteiger charge is -2.33. The quantitative estimate of drug-likeness (QED) is 0.286. The highest BCUT2D eigenvalue weighted by molar-refractivity contribution is 6.40. The first-order valence-corrected chi connectivity index (χ1v) is 14.4. The van der Waals surface area contributed by atoms with Gasteiger partial charge in [0, 0.05) is 23.3 Å². The lowest BCUT2D eigenvalue weighted by atomic mass is 9.82. The molecule has 9 heteroatoms. The van der Waals surface area contributed by atoms with Crippen LogP contribution in [0.15, 0.2) is 54.6 Å². The first-order valence-electron chi connectivity index (χ1n) is 13.6. The van der Waals surface area contributed by atoms with Crippen LogP contribution in [0.4, 0.5) is 11.4 Å². The predicted octanol–water partition coefficient (Wildman–Crippen LogP) is 6.26. The number of carbonyl (C=O) groups excluding carboxylic acids is 2. The van der Waals surface area contributed by atoms with E-state index in [1.807, 2.05) is 47.7 Å². The molecule has 2 amide bonds. The number of anilines is 2. The molecule has 1 atom stereocenters. The largest absolute Gasteiger partial charge is 0.481 e. The number of aliphatic carboxylic acids is 1. The molecule has 0 aliphatic rings. The van der Waals surface area contributed by atoms with Crippen molar-refractivity contribution in [3.8, 4) is 0 Å². The molecule has 41 heavy (non-hydrogen) atoms. The van der Waals surface area contributed by atoms with Crippen molar-refractivity contribution < 1.29 is 19.5 Å². The van der Waals surface area contributed by atoms with Crippen LogP contribution in [0, 0.1) is 18.3 Å². The maximum Gasteiger partial charge on any atom is 0.311 e. The molecule has 6 nitrogen and oxygen atoms in total. The van der Waals surface area contributed by atoms with Gasteiger partial charge < -0.3 is 15.3 Å². The number of nitrogens with one attached hydrogen (secondary N) is 1. The van der Waals surface area contributed by atoms with Gasteiger partial charge in [-0.05, 0) is 60.7 Å². The molecule has 3 aromatic carbocycles. The molecule has 0 heterocycles. The Kier molecular flexibility index (Phi) is 10.3. The number of hydrogen-bond acceptors (Lipinski definition) is 3. The van der Waals surface area contributed by atoms with Crippen molar-refractivity contribution in [2.45, 2.75) is 53.9 Å². The summed E-state index contributed by atoms with van der Waals surface area (Å²) in [5.74, 6) is -2.00. The molecule has 0 saturated heterocycles. The molecule has 1 unspecified atom stereocenters. The van der Waals surface area contributed by atoms with Crippen LogP contribution in [0.2, 0.25) is 10.0 Å². The molecule has 2 N–H and O–H groups in total. The maximum absolute atomic E-state index is 13.5. The van der Waals surface area contributed by atoms with Crippen LogP contribution in [0.3, 0.4) is 0 Å². The second kappa shape index (κ2) is 13.1. The molecular weight excluding hydrogens is 558 g/mol. The Bertz CT molecular complexity index is 1430. The molecule has 0 bridgehead atoms. The van der Waals surface area contributed by atoms with Gasteiger partial charge in [-0.2, -0.15) is 0 Å². The van der Waals surface area contributed by atoms with Crippen molar-refractivity contribution in [1.82, 2.24) is 0 Å². The van der Waals surface area contributed by atoms with E-state index in [0.717, 1.165) is 22.3 Å². The fourth-order valence-electron chi connectivity index (χ4n) is 4.63. The van der Waals surface area contributed by atoms with E-state index in [-0.39, 0.29) is 33.9 Å². The predicted molar refractivity (Wildman–Crippen MR) is 171 cm³/mol. The number of aryl methyl sites for hydroxylation is 1. The van der Waals surface area contributed by atoms with E-state index in [2.05, 4.69) is 19.2 Å². The number of amides is 2. The summed E-state index contributed by atoms with van der Waals surface area (Å²) in [5.41, 5.74) is 4.17. The summed E-state index contributed by atoms with van der Waals surface area (Å²) in [6, 6.07) is 15.6. The van der Waals surface area contributed by atoms with Gasteiger partial charge in [-0.25, -0.2) is 0 Å². The van der Waals surface area contributed by atoms with Gasteiger partial charge in [0.05, 0.1) is 21.5 Å². The van der Waals surface area contributed by atoms with Gasteiger partial charge in [-0.1, -0.05) is 93.1 Å². The monoisotopic (exact) mass is 594 g/mol. The highest BCUT2D eigenvalue weighted by Crippen LogP contribution is 2.30. The van der Waals surface area contributed by atoms with E-state index in [1.165, 1.54) is 0 Å². The summed E-state index contributed by atoms with van der Waals surface area (Å²) >= 11 is 12.3. The van der Waals surface area contributed by atoms with Gasteiger partial charge in [0.25, 0.3) is 5.91 Å². The molecule has 0 saturated carbocycles. The van der Waals surface area contributed by atoms with Gasteiger partial charge in [-0.15, -0.1) is 0 Å². The van der Waals surface area contributed by atoms with Crippen molar-refractivity contribution >= 4 is 65.7 Å². The average molecular weight is 595 g/mol. The second-order valence-corrected chi connectivity index (χ2v) is 12.7. The zero-order valence-corrected chi connectivity index (χ0v) is 26.2. The van der Waals surface area contributed by atoms with Gasteiger partial charge in [-0.3, -0.25) is 14.4 Å². The molecule has 3 aromatic rings. The molecule has 0 radical (unpaired) electrons. The summed E-state index contributed by atoms with van der Waals surface area (Å²) < 4.78 is 0. The molecule has 0 aliphatic carbocycles. The van der Waals surface area contributed by atoms with Crippen LogP contribution >= 0.6 is 23.2 Å². The molecule has 3 rings (SSSR count). The summed E-state index contributed by atoms with van der Waals surface area (Å²) in [7, 11) is 1.97. The molecule has 0 spiro atoms. The van der Waals surface area contributed by atoms with Crippen LogP contribution in [0.25, 0.3) is 0 Å². The average Bonchev–Trinajstić information content (AvgIpc) is 2.87. The third-order valence-electron chi connectivity index (χ3n) is 6.93. The van der Waals surface area contributed by atoms with Crippen molar-refractivity contribution in [2.24, 2.45) is 11.3 Å². The Morgan fingerprint density at radius 1 is 1.00 bits per heavy atom. The summed E-state index contributed by atoms with van der Waals surface area (Å²) in [5, 5.41) is 13.5. The van der Waals surface area contributed by atoms with Crippen LogP contribution in [0.5, 0.6) is 0 Å². The zero-order chi connectivity index (χ0) is 30.6. The van der Waals surface area contributed by atoms with E-state index in [1.54, 1.807) is 47.4 Å². The minimum Gasteiger partial charge on any atom is -0.481 e. The summed E-state index contributed by atoms with van der Waals surface area (Å²) in [6.45, 7) is 12.3. The van der Waals surface area contributed by atoms with Gasteiger partial charge in [0.1, 0.15) is 7.85 Å². The van der Waals surface area contributed by atoms with Crippen LogP contribution in [0.1, 0.15) is 67.6 Å². The van der Waals surface area contributed by atoms with E-state index in [0.29, 0.717) is 17.8 Å². The number of benzene rings is 3. The van der Waals surface area contributed by atoms with E-state index >= 15 is 0 Å². The number of carboxylic acids is 1. The minimum atomic E-state index is -0.956. The Hall–Kier alpha value is -3.29. The van der Waals surface area contributed by atoms with Crippen LogP contribution in [-0.2, 0) is 16.0 Å². The third kappa shape index (κ3) is 7.93. The highest BCUT2D eigenvalue weighted by atomic mass is 35.5. The Morgan fingerprint density at radius 2 is 1.59 bits per heavy atom. The smallest absolute Gasteiger partial charge is 0.311 e. The number of nitrogens with zero attached hydrogens (tertiary/aromatic N) is 1. The number of carboxylic acid groups (broad SMARTS) is 1. The second-order valence-electron chi connectivity index (χ2n) is 11.9. The molecular formula is C32H37BCl2N2O4. The van der Waals surface area contributed by atoms with Crippen molar-refractivity contribution in [2.75, 3.05) is 16.8 Å². The van der Waals surface area contributed by atoms with Crippen LogP contribution < -0.4 is 15.7 Å². The van der Waals surface area contributed by atoms with E-state index < -0.39 is 23.2 Å². The SMILES string of the molecule is Bc1c(C)cc(C(Cc2ccc(NC(=O)c3c(Cl)cccc3Cl)cc2)C(=O)O)cc1N(CC(C)C)C(=O)C(C)(C)C. The minimum absolute atomic E-state index is 0.00608. The first kappa shape index (κ1) is 32.2. The highest BCUT2D eigenvalue weighted by Gasteiger charge is 2.31. The van der Waals surface area contributed by atoms with Gasteiger partial charge >= 0.3 is 5.97 Å². The zero-order valence-electron chi connectivity index (χ0n) is 24.6. The van der Waals surface area contributed by atoms with Crippen LogP contribution in [-0.4, -0.2) is 37.3 Å². The standard InChI is InChI=1S/C32H37BCl2N2O4/c1-18(2)17-37(31(41)32(4,5)6)26-16-21(14-19(3)28(26)33)23(30(39)40)15-20-10-12-22(13-11-20)36-29(38)27-24(34)8-7-9-25(27)35/h7-14,16,18,23H,15,17,33H2,1-6H3,(H,36,38)(H,39,40). The third-order valence-corrected chi connectivity index (χ3v) is 7.56. The number of hydrogen-bond donors (Lipinski definition) is 2. The van der Waals surface area contributed by atoms with E-state index in [4.69, 9.17) is 23.2 Å². The van der Waals surface area contributed by atoms with Gasteiger partial charge in [0.2, 0.25) is 5.91 Å². The van der Waals surface area contributed by atoms with E-state index in [9.17, 15) is 19.5 Å². The Labute approximate surface area is 253 Å². The lowest BCUT2D eigenvalue weighted by molar-refractivity contribution is -0.138. The maximum atomic E-state index is 13.5. The number of rotatable bonds is 9. The fourth-order valence-corrected chi connectivity index (χ4v) is 5.20. The topological polar surface area (TPSA) is 86.7 Å². The Morgan fingerprint density at radius 3 is 2.10 bits per heavy atom. The Balaban J connectivity index is 1.91. The van der Waals surface area contributed by atoms with Crippen molar-refractivity contribution in [1.29, 1.82) is 0 Å². The first-order chi connectivity index (χ1) is 19.1. The fraction of sp³-hybridized carbons (Fsp3) is 0.344. The molecule has 0 fully saturated rings. The molecule has 216 valence electrons. The lowest BCUT2D eigenvalue weighted by Crippen LogP contribution is -2.44. The van der Waals surface area contributed by atoms with Gasteiger partial charge in [0.15, 0.2) is 0 Å². The number of halogens is 2. The molecule has 0 aliphatic heterocycles. The number of carbonyl (C=O) groups is 3. The van der Waals surface area contributed by atoms with Crippen molar-refractivity contribution in [3.05, 3.63) is 86.9 Å². The summed E-state index contributed by atoms with van der Waals surface area (Å²) in [6.07, 6.45) is 0.235.